The smallest absolute Gasteiger partial charge is 0.0967 e. The Balaban J connectivity index is 2.94. The maximum atomic E-state index is 9.53. The van der Waals surface area contributed by atoms with Crippen molar-refractivity contribution in [1.29, 1.82) is 0 Å². The number of aliphatic hydroxyl groups is 1. The molecule has 3 N–H and O–H groups in total. The van der Waals surface area contributed by atoms with Gasteiger partial charge in [0, 0.05) is 29.0 Å². The van der Waals surface area contributed by atoms with Crippen molar-refractivity contribution in [3.8, 4) is 0 Å². The van der Waals surface area contributed by atoms with Gasteiger partial charge in [0.05, 0.1) is 6.10 Å². The lowest BCUT2D eigenvalue weighted by atomic mass is 10.1. The molecule has 0 aromatic carbocycles. The molecule has 0 unspecified atom stereocenters. The molecule has 0 saturated carbocycles. The number of nitrogens with zero attached hydrogens (tertiary/aromatic N) is 1. The van der Waals surface area contributed by atoms with Crippen molar-refractivity contribution in [3.63, 3.8) is 0 Å². The van der Waals surface area contributed by atoms with Gasteiger partial charge in [0.15, 0.2) is 0 Å². The van der Waals surface area contributed by atoms with Crippen LogP contribution in [0.3, 0.4) is 0 Å². The summed E-state index contributed by atoms with van der Waals surface area (Å²) in [5.41, 5.74) is 6.08. The maximum absolute atomic E-state index is 9.53. The Hall–Kier alpha value is -0.640. The van der Waals surface area contributed by atoms with E-state index in [2.05, 4.69) is 4.98 Å². The first-order valence-corrected chi connectivity index (χ1v) is 4.03. The molecule has 3 nitrogen and oxygen atoms in total. The van der Waals surface area contributed by atoms with Crippen LogP contribution in [0.4, 0.5) is 0 Å². The van der Waals surface area contributed by atoms with E-state index in [0.717, 1.165) is 0 Å². The van der Waals surface area contributed by atoms with Gasteiger partial charge < -0.3 is 10.8 Å². The molecule has 0 amide bonds. The average molecular weight is 187 g/mol. The molecule has 0 aliphatic rings. The predicted octanol–water partition coefficient (Wildman–Crippen LogP) is 1.12. The first kappa shape index (κ1) is 9.45. The molecule has 1 aromatic heterocycles. The largest absolute Gasteiger partial charge is 0.387 e. The van der Waals surface area contributed by atoms with Crippen LogP contribution >= 0.6 is 11.6 Å². The van der Waals surface area contributed by atoms with Gasteiger partial charge >= 0.3 is 0 Å². The van der Waals surface area contributed by atoms with E-state index in [1.807, 2.05) is 0 Å². The second kappa shape index (κ2) is 3.85. The summed E-state index contributed by atoms with van der Waals surface area (Å²) in [6.45, 7) is 1.72. The van der Waals surface area contributed by atoms with Crippen molar-refractivity contribution in [3.05, 3.63) is 29.0 Å². The molecule has 0 radical (unpaired) electrons. The van der Waals surface area contributed by atoms with E-state index in [1.165, 1.54) is 6.20 Å². The van der Waals surface area contributed by atoms with Crippen LogP contribution in [0, 0.1) is 0 Å². The zero-order valence-corrected chi connectivity index (χ0v) is 7.49. The van der Waals surface area contributed by atoms with Crippen LogP contribution in [-0.2, 0) is 0 Å². The van der Waals surface area contributed by atoms with E-state index in [4.69, 9.17) is 17.3 Å². The van der Waals surface area contributed by atoms with Crippen LogP contribution in [0.5, 0.6) is 0 Å². The fraction of sp³-hybridized carbons (Fsp3) is 0.375. The minimum atomic E-state index is -0.744. The first-order chi connectivity index (χ1) is 5.63. The summed E-state index contributed by atoms with van der Waals surface area (Å²) in [6, 6.07) is 1.29. The summed E-state index contributed by atoms with van der Waals surface area (Å²) in [7, 11) is 0. The monoisotopic (exact) mass is 186 g/mol. The molecule has 66 valence electrons. The highest BCUT2D eigenvalue weighted by atomic mass is 35.5. The maximum Gasteiger partial charge on any atom is 0.0967 e. The molecule has 0 saturated heterocycles. The van der Waals surface area contributed by atoms with Crippen molar-refractivity contribution in [2.24, 2.45) is 5.73 Å². The Morgan fingerprint density at radius 2 is 2.33 bits per heavy atom. The number of aromatic nitrogens is 1. The predicted molar refractivity (Wildman–Crippen MR) is 47.9 cm³/mol. The highest BCUT2D eigenvalue weighted by Crippen LogP contribution is 2.22. The van der Waals surface area contributed by atoms with Gasteiger partial charge in [0.25, 0.3) is 0 Å². The summed E-state index contributed by atoms with van der Waals surface area (Å²) < 4.78 is 0. The fourth-order valence-electron chi connectivity index (χ4n) is 0.891. The summed E-state index contributed by atoms with van der Waals surface area (Å²) in [5, 5.41) is 10.0. The van der Waals surface area contributed by atoms with Gasteiger partial charge in [-0.25, -0.2) is 0 Å². The van der Waals surface area contributed by atoms with Crippen LogP contribution in [0.25, 0.3) is 0 Å². The number of rotatable bonds is 2. The van der Waals surface area contributed by atoms with Gasteiger partial charge in [-0.15, -0.1) is 0 Å². The van der Waals surface area contributed by atoms with E-state index in [-0.39, 0.29) is 6.04 Å². The van der Waals surface area contributed by atoms with Crippen molar-refractivity contribution in [2.75, 3.05) is 0 Å². The average Bonchev–Trinajstić information content (AvgIpc) is 2.04. The highest BCUT2D eigenvalue weighted by molar-refractivity contribution is 6.31. The zero-order chi connectivity index (χ0) is 9.14. The second-order valence-corrected chi connectivity index (χ2v) is 3.11. The van der Waals surface area contributed by atoms with E-state index < -0.39 is 6.10 Å². The normalized spacial score (nSPS) is 15.7. The molecule has 0 spiro atoms. The number of hydrogen-bond acceptors (Lipinski definition) is 3. The third kappa shape index (κ3) is 1.94. The van der Waals surface area contributed by atoms with Gasteiger partial charge in [0.1, 0.15) is 0 Å². The number of hydrogen-bond donors (Lipinski definition) is 2. The Morgan fingerprint density at radius 1 is 1.67 bits per heavy atom. The minimum absolute atomic E-state index is 0.341. The van der Waals surface area contributed by atoms with Crippen LogP contribution in [0.1, 0.15) is 18.6 Å². The Kier molecular flexibility index (Phi) is 3.03. The number of pyridine rings is 1. The van der Waals surface area contributed by atoms with Crippen molar-refractivity contribution < 1.29 is 5.11 Å². The van der Waals surface area contributed by atoms with Crippen LogP contribution < -0.4 is 5.73 Å². The minimum Gasteiger partial charge on any atom is -0.387 e. The van der Waals surface area contributed by atoms with Crippen LogP contribution in [0.15, 0.2) is 18.5 Å². The fourth-order valence-corrected chi connectivity index (χ4v) is 1.11. The van der Waals surface area contributed by atoms with Crippen molar-refractivity contribution in [1.82, 2.24) is 4.98 Å². The molecule has 1 aromatic rings. The topological polar surface area (TPSA) is 59.1 Å². The van der Waals surface area contributed by atoms with Crippen molar-refractivity contribution in [2.45, 2.75) is 19.1 Å². The molecule has 0 fully saturated rings. The Morgan fingerprint density at radius 3 is 2.83 bits per heavy atom. The molecular formula is C8H11ClN2O. The van der Waals surface area contributed by atoms with Gasteiger partial charge in [-0.05, 0) is 13.0 Å². The standard InChI is InChI=1S/C8H11ClN2O/c1-5(10)8(12)6-4-11-3-2-7(6)9/h2-5,8,12H,10H2,1H3/t5-,8+/m0/s1. The molecule has 0 bridgehead atoms. The highest BCUT2D eigenvalue weighted by Gasteiger charge is 2.15. The molecule has 1 heterocycles. The Labute approximate surface area is 76.2 Å². The van der Waals surface area contributed by atoms with Gasteiger partial charge in [0.2, 0.25) is 0 Å². The zero-order valence-electron chi connectivity index (χ0n) is 6.74. The summed E-state index contributed by atoms with van der Waals surface area (Å²) in [4.78, 5) is 3.85. The van der Waals surface area contributed by atoms with E-state index in [1.54, 1.807) is 19.2 Å². The van der Waals surface area contributed by atoms with E-state index in [0.29, 0.717) is 10.6 Å². The lowest BCUT2D eigenvalue weighted by molar-refractivity contribution is 0.153. The lowest BCUT2D eigenvalue weighted by Crippen LogP contribution is -2.24. The third-order valence-electron chi connectivity index (χ3n) is 1.61. The molecule has 1 rings (SSSR count). The van der Waals surface area contributed by atoms with Gasteiger partial charge in [-0.2, -0.15) is 0 Å². The van der Waals surface area contributed by atoms with E-state index >= 15 is 0 Å². The quantitative estimate of drug-likeness (QED) is 0.728. The SMILES string of the molecule is C[C@H](N)[C@@H](O)c1cnccc1Cl. The van der Waals surface area contributed by atoms with Gasteiger partial charge in [-0.1, -0.05) is 11.6 Å². The summed E-state index contributed by atoms with van der Waals surface area (Å²) in [5.74, 6) is 0. The second-order valence-electron chi connectivity index (χ2n) is 2.70. The summed E-state index contributed by atoms with van der Waals surface area (Å²) >= 11 is 5.81. The van der Waals surface area contributed by atoms with Gasteiger partial charge in [-0.3, -0.25) is 4.98 Å². The number of aliphatic hydroxyl groups excluding tert-OH is 1. The van der Waals surface area contributed by atoms with Crippen molar-refractivity contribution >= 4 is 11.6 Å². The third-order valence-corrected chi connectivity index (χ3v) is 1.96. The molecular weight excluding hydrogens is 176 g/mol. The molecule has 0 aliphatic carbocycles. The van der Waals surface area contributed by atoms with Crippen LogP contribution in [0.2, 0.25) is 5.02 Å². The van der Waals surface area contributed by atoms with Crippen LogP contribution in [-0.4, -0.2) is 16.1 Å². The Bertz CT molecular complexity index is 265. The molecule has 2 atom stereocenters. The number of halogens is 1. The molecule has 0 aliphatic heterocycles. The lowest BCUT2D eigenvalue weighted by Gasteiger charge is -2.15. The van der Waals surface area contributed by atoms with E-state index in [9.17, 15) is 5.11 Å². The molecule has 4 heteroatoms. The first-order valence-electron chi connectivity index (χ1n) is 3.66. The number of nitrogens with two attached hydrogens (primary N) is 1. The summed E-state index contributed by atoms with van der Waals surface area (Å²) in [6.07, 6.45) is 2.35. The molecule has 12 heavy (non-hydrogen) atoms.